The fourth-order valence-electron chi connectivity index (χ4n) is 3.97. The number of primary amides is 1. The van der Waals surface area contributed by atoms with Gasteiger partial charge in [0, 0.05) is 19.0 Å². The van der Waals surface area contributed by atoms with Gasteiger partial charge in [-0.1, -0.05) is 33.1 Å². The molecule has 1 aliphatic heterocycles. The molecule has 24 heavy (non-hydrogen) atoms. The van der Waals surface area contributed by atoms with Gasteiger partial charge in [0.05, 0.1) is 5.25 Å². The third kappa shape index (κ3) is 4.10. The van der Waals surface area contributed by atoms with E-state index >= 15 is 0 Å². The molecule has 0 spiro atoms. The van der Waals surface area contributed by atoms with Crippen LogP contribution in [-0.4, -0.2) is 48.7 Å². The fourth-order valence-corrected chi connectivity index (χ4v) is 6.56. The van der Waals surface area contributed by atoms with Gasteiger partial charge in [0.1, 0.15) is 5.25 Å². The number of carbonyl (C=O) groups excluding carboxylic acids is 2. The summed E-state index contributed by atoms with van der Waals surface area (Å²) in [5.74, 6) is -1.09. The third-order valence-corrected chi connectivity index (χ3v) is 8.28. The summed E-state index contributed by atoms with van der Waals surface area (Å²) in [5.41, 5.74) is 5.33. The predicted molar refractivity (Wildman–Crippen MR) is 92.9 cm³/mol. The second kappa shape index (κ2) is 7.85. The monoisotopic (exact) mass is 358 g/mol. The summed E-state index contributed by atoms with van der Waals surface area (Å²) in [6.07, 6.45) is 5.31. The summed E-state index contributed by atoms with van der Waals surface area (Å²) in [5, 5.41) is -1.35. The number of amides is 2. The molecule has 1 saturated heterocycles. The van der Waals surface area contributed by atoms with E-state index in [9.17, 15) is 18.0 Å². The highest BCUT2D eigenvalue weighted by atomic mass is 32.2. The van der Waals surface area contributed by atoms with E-state index in [1.54, 1.807) is 18.7 Å². The molecule has 0 aromatic rings. The Morgan fingerprint density at radius 1 is 1.00 bits per heavy atom. The molecule has 2 fully saturated rings. The lowest BCUT2D eigenvalue weighted by atomic mass is 9.95. The number of sulfone groups is 1. The molecule has 2 aliphatic rings. The minimum atomic E-state index is -3.48. The molecule has 1 unspecified atom stereocenters. The summed E-state index contributed by atoms with van der Waals surface area (Å²) in [7, 11) is -3.48. The summed E-state index contributed by atoms with van der Waals surface area (Å²) < 4.78 is 26.1. The second-order valence-corrected chi connectivity index (χ2v) is 9.87. The first-order valence-electron chi connectivity index (χ1n) is 9.06. The van der Waals surface area contributed by atoms with E-state index < -0.39 is 15.1 Å². The van der Waals surface area contributed by atoms with Crippen molar-refractivity contribution in [1.29, 1.82) is 0 Å². The first-order valence-corrected chi connectivity index (χ1v) is 10.7. The molecule has 138 valence electrons. The van der Waals surface area contributed by atoms with Crippen LogP contribution in [0.25, 0.3) is 0 Å². The Labute approximate surface area is 145 Å². The van der Waals surface area contributed by atoms with Crippen molar-refractivity contribution in [2.45, 2.75) is 69.3 Å². The normalized spacial score (nSPS) is 22.5. The molecule has 1 aliphatic carbocycles. The Hall–Kier alpha value is -1.11. The van der Waals surface area contributed by atoms with Crippen molar-refractivity contribution < 1.29 is 18.0 Å². The van der Waals surface area contributed by atoms with E-state index in [1.807, 2.05) is 0 Å². The average Bonchev–Trinajstić information content (AvgIpc) is 2.55. The zero-order valence-corrected chi connectivity index (χ0v) is 15.6. The van der Waals surface area contributed by atoms with Gasteiger partial charge < -0.3 is 10.6 Å². The zero-order chi connectivity index (χ0) is 17.9. The van der Waals surface area contributed by atoms with Crippen LogP contribution in [0.5, 0.6) is 0 Å². The van der Waals surface area contributed by atoms with Crippen molar-refractivity contribution in [2.75, 3.05) is 13.1 Å². The zero-order valence-electron chi connectivity index (χ0n) is 14.7. The van der Waals surface area contributed by atoms with Gasteiger partial charge in [-0.05, 0) is 31.6 Å². The largest absolute Gasteiger partial charge is 0.369 e. The highest BCUT2D eigenvalue weighted by Gasteiger charge is 2.43. The molecule has 0 bridgehead atoms. The summed E-state index contributed by atoms with van der Waals surface area (Å²) in [6.45, 7) is 4.43. The minimum absolute atomic E-state index is 0.207. The van der Waals surface area contributed by atoms with Gasteiger partial charge >= 0.3 is 0 Å². The Morgan fingerprint density at radius 2 is 1.54 bits per heavy atom. The Morgan fingerprint density at radius 3 is 2.00 bits per heavy atom. The number of nitrogens with two attached hydrogens (primary N) is 1. The van der Waals surface area contributed by atoms with Gasteiger partial charge in [0.2, 0.25) is 11.8 Å². The maximum Gasteiger partial charge on any atom is 0.241 e. The van der Waals surface area contributed by atoms with E-state index in [2.05, 4.69) is 0 Å². The van der Waals surface area contributed by atoms with E-state index in [1.165, 1.54) is 0 Å². The lowest BCUT2D eigenvalue weighted by molar-refractivity contribution is -0.135. The molecule has 7 heteroatoms. The number of nitrogens with zero attached hydrogens (tertiary/aromatic N) is 1. The molecule has 6 nitrogen and oxygen atoms in total. The highest BCUT2D eigenvalue weighted by molar-refractivity contribution is 7.93. The van der Waals surface area contributed by atoms with Crippen LogP contribution in [0.2, 0.25) is 0 Å². The number of hydrogen-bond acceptors (Lipinski definition) is 4. The molecule has 1 saturated carbocycles. The van der Waals surface area contributed by atoms with Crippen LogP contribution in [-0.2, 0) is 19.4 Å². The molecule has 2 amide bonds. The van der Waals surface area contributed by atoms with Crippen molar-refractivity contribution in [3.8, 4) is 0 Å². The summed E-state index contributed by atoms with van der Waals surface area (Å²) in [4.78, 5) is 25.8. The van der Waals surface area contributed by atoms with Crippen LogP contribution in [0.1, 0.15) is 58.8 Å². The molecule has 2 N–H and O–H groups in total. The molecule has 0 radical (unpaired) electrons. The fraction of sp³-hybridized carbons (Fsp3) is 0.882. The number of hydrogen-bond donors (Lipinski definition) is 1. The van der Waals surface area contributed by atoms with Gasteiger partial charge in [0.15, 0.2) is 9.84 Å². The maximum absolute atomic E-state index is 13.1. The lowest BCUT2D eigenvalue weighted by Gasteiger charge is -2.35. The Kier molecular flexibility index (Phi) is 6.28. The van der Waals surface area contributed by atoms with E-state index in [4.69, 9.17) is 5.73 Å². The van der Waals surface area contributed by atoms with Crippen molar-refractivity contribution in [3.63, 3.8) is 0 Å². The van der Waals surface area contributed by atoms with E-state index in [-0.39, 0.29) is 28.9 Å². The van der Waals surface area contributed by atoms with Crippen molar-refractivity contribution in [1.82, 2.24) is 4.90 Å². The van der Waals surface area contributed by atoms with Gasteiger partial charge in [-0.2, -0.15) is 0 Å². The molecule has 1 heterocycles. The van der Waals surface area contributed by atoms with Crippen LogP contribution in [0.3, 0.4) is 0 Å². The highest BCUT2D eigenvalue weighted by Crippen LogP contribution is 2.30. The SMILES string of the molecule is CC(C)C(C(=O)N1CCC(C(N)=O)CC1)S(=O)(=O)C1CCCCC1. The summed E-state index contributed by atoms with van der Waals surface area (Å²) in [6, 6.07) is 0. The van der Waals surface area contributed by atoms with E-state index in [0.29, 0.717) is 38.8 Å². The minimum Gasteiger partial charge on any atom is -0.369 e. The van der Waals surface area contributed by atoms with Crippen LogP contribution in [0, 0.1) is 11.8 Å². The smallest absolute Gasteiger partial charge is 0.241 e. The molecular weight excluding hydrogens is 328 g/mol. The van der Waals surface area contributed by atoms with Crippen molar-refractivity contribution in [3.05, 3.63) is 0 Å². The number of likely N-dealkylation sites (tertiary alicyclic amines) is 1. The predicted octanol–water partition coefficient (Wildman–Crippen LogP) is 1.48. The Bertz CT molecular complexity index is 559. The van der Waals surface area contributed by atoms with Crippen LogP contribution in [0.15, 0.2) is 0 Å². The number of piperidine rings is 1. The maximum atomic E-state index is 13.1. The van der Waals surface area contributed by atoms with Gasteiger partial charge in [0.25, 0.3) is 0 Å². The Balaban J connectivity index is 2.12. The number of carbonyl (C=O) groups is 2. The van der Waals surface area contributed by atoms with Gasteiger partial charge in [-0.3, -0.25) is 9.59 Å². The lowest BCUT2D eigenvalue weighted by Crippen LogP contribution is -2.51. The van der Waals surface area contributed by atoms with Crippen LogP contribution >= 0.6 is 0 Å². The number of rotatable bonds is 5. The second-order valence-electron chi connectivity index (χ2n) is 7.52. The van der Waals surface area contributed by atoms with Crippen molar-refractivity contribution >= 4 is 21.7 Å². The first kappa shape index (κ1) is 19.2. The van der Waals surface area contributed by atoms with Crippen LogP contribution in [0.4, 0.5) is 0 Å². The van der Waals surface area contributed by atoms with Gasteiger partial charge in [-0.15, -0.1) is 0 Å². The standard InChI is InChI=1S/C17H30N2O4S/c1-12(2)15(24(22,23)14-6-4-3-5-7-14)17(21)19-10-8-13(9-11-19)16(18)20/h12-15H,3-11H2,1-2H3,(H2,18,20). The summed E-state index contributed by atoms with van der Waals surface area (Å²) >= 11 is 0. The van der Waals surface area contributed by atoms with E-state index in [0.717, 1.165) is 19.3 Å². The molecular formula is C17H30N2O4S. The molecule has 0 aromatic carbocycles. The van der Waals surface area contributed by atoms with Crippen LogP contribution < -0.4 is 5.73 Å². The first-order chi connectivity index (χ1) is 11.2. The topological polar surface area (TPSA) is 97.5 Å². The third-order valence-electron chi connectivity index (χ3n) is 5.43. The average molecular weight is 359 g/mol. The molecule has 1 atom stereocenters. The molecule has 2 rings (SSSR count). The molecule has 0 aromatic heterocycles. The quantitative estimate of drug-likeness (QED) is 0.805. The van der Waals surface area contributed by atoms with Crippen molar-refractivity contribution in [2.24, 2.45) is 17.6 Å². The van der Waals surface area contributed by atoms with Gasteiger partial charge in [-0.25, -0.2) is 8.42 Å².